The Bertz CT molecular complexity index is 147. The fraction of sp³-hybridized carbons (Fsp3) is 1.00. The Kier molecular flexibility index (Phi) is 1.41. The molecule has 1 saturated carbocycles. The monoisotopic (exact) mass is 204 g/mol. The van der Waals surface area contributed by atoms with Gasteiger partial charge in [0.15, 0.2) is 0 Å². The number of hydrogen-bond donors (Lipinski definition) is 0. The number of ether oxygens (including phenoxy) is 1. The van der Waals surface area contributed by atoms with E-state index >= 15 is 0 Å². The van der Waals surface area contributed by atoms with E-state index in [1.807, 2.05) is 0 Å². The summed E-state index contributed by atoms with van der Waals surface area (Å²) in [5, 5.41) is 1.12. The number of halogens is 1. The van der Waals surface area contributed by atoms with E-state index in [1.54, 1.807) is 0 Å². The van der Waals surface area contributed by atoms with Gasteiger partial charge >= 0.3 is 0 Å². The zero-order valence-corrected chi connectivity index (χ0v) is 7.91. The minimum atomic E-state index is 0.244. The lowest BCUT2D eigenvalue weighted by molar-refractivity contribution is -0.0120. The van der Waals surface area contributed by atoms with E-state index in [1.165, 1.54) is 19.3 Å². The number of alkyl halides is 1. The minimum absolute atomic E-state index is 0.244. The van der Waals surface area contributed by atoms with Gasteiger partial charge < -0.3 is 4.74 Å². The molecule has 1 nitrogen and oxygen atoms in total. The van der Waals surface area contributed by atoms with Gasteiger partial charge in [-0.2, -0.15) is 0 Å². The standard InChI is InChI=1S/C8H13BrO/c1-7-2-3-8(4-7,5-9)6-10-7/h2-6H2,1H3. The molecule has 0 amide bonds. The summed E-state index contributed by atoms with van der Waals surface area (Å²) in [7, 11) is 0. The van der Waals surface area contributed by atoms with Gasteiger partial charge in [0.05, 0.1) is 12.2 Å². The molecule has 1 heterocycles. The van der Waals surface area contributed by atoms with Crippen molar-refractivity contribution in [1.82, 2.24) is 0 Å². The smallest absolute Gasteiger partial charge is 0.0661 e. The molecule has 1 aliphatic carbocycles. The SMILES string of the molecule is CC12CCC(CBr)(CO1)C2. The predicted molar refractivity (Wildman–Crippen MR) is 44.4 cm³/mol. The fourth-order valence-corrected chi connectivity index (χ4v) is 2.87. The van der Waals surface area contributed by atoms with E-state index in [0.29, 0.717) is 5.41 Å². The Morgan fingerprint density at radius 2 is 2.30 bits per heavy atom. The number of rotatable bonds is 1. The van der Waals surface area contributed by atoms with Crippen molar-refractivity contribution in [3.63, 3.8) is 0 Å². The Labute approximate surface area is 70.3 Å². The van der Waals surface area contributed by atoms with E-state index < -0.39 is 0 Å². The Hall–Kier alpha value is 0.440. The summed E-state index contributed by atoms with van der Waals surface area (Å²) in [6.07, 6.45) is 3.89. The van der Waals surface area contributed by atoms with Crippen LogP contribution in [0.3, 0.4) is 0 Å². The lowest BCUT2D eigenvalue weighted by Gasteiger charge is -2.24. The topological polar surface area (TPSA) is 9.23 Å². The van der Waals surface area contributed by atoms with Gasteiger partial charge in [-0.3, -0.25) is 0 Å². The van der Waals surface area contributed by atoms with Crippen LogP contribution in [0.2, 0.25) is 0 Å². The highest BCUT2D eigenvalue weighted by molar-refractivity contribution is 9.09. The van der Waals surface area contributed by atoms with Gasteiger partial charge in [0, 0.05) is 10.7 Å². The van der Waals surface area contributed by atoms with Crippen molar-refractivity contribution in [3.8, 4) is 0 Å². The fourth-order valence-electron chi connectivity index (χ4n) is 2.23. The molecule has 2 unspecified atom stereocenters. The average molecular weight is 205 g/mol. The summed E-state index contributed by atoms with van der Waals surface area (Å²) in [5.41, 5.74) is 0.752. The van der Waals surface area contributed by atoms with E-state index in [0.717, 1.165) is 11.9 Å². The second-order valence-electron chi connectivity index (χ2n) is 4.05. The van der Waals surface area contributed by atoms with Crippen LogP contribution in [-0.4, -0.2) is 17.5 Å². The van der Waals surface area contributed by atoms with Crippen LogP contribution in [-0.2, 0) is 4.74 Å². The lowest BCUT2D eigenvalue weighted by Crippen LogP contribution is -2.24. The first kappa shape index (κ1) is 7.11. The highest BCUT2D eigenvalue weighted by atomic mass is 79.9. The van der Waals surface area contributed by atoms with Crippen molar-refractivity contribution < 1.29 is 4.74 Å². The van der Waals surface area contributed by atoms with Gasteiger partial charge in [0.1, 0.15) is 0 Å². The zero-order chi connectivity index (χ0) is 7.24. The third-order valence-corrected chi connectivity index (χ3v) is 4.13. The van der Waals surface area contributed by atoms with E-state index in [-0.39, 0.29) is 5.60 Å². The molecule has 0 aromatic carbocycles. The van der Waals surface area contributed by atoms with Crippen LogP contribution in [0.5, 0.6) is 0 Å². The maximum Gasteiger partial charge on any atom is 0.0661 e. The van der Waals surface area contributed by atoms with Gasteiger partial charge in [-0.25, -0.2) is 0 Å². The van der Waals surface area contributed by atoms with Crippen molar-refractivity contribution in [2.24, 2.45) is 5.41 Å². The second-order valence-corrected chi connectivity index (χ2v) is 4.61. The third kappa shape index (κ3) is 0.850. The van der Waals surface area contributed by atoms with Crippen LogP contribution >= 0.6 is 15.9 Å². The van der Waals surface area contributed by atoms with Crippen LogP contribution in [0, 0.1) is 5.41 Å². The van der Waals surface area contributed by atoms with E-state index in [4.69, 9.17) is 4.74 Å². The molecule has 0 aromatic heterocycles. The summed E-state index contributed by atoms with van der Waals surface area (Å²) in [5.74, 6) is 0. The average Bonchev–Trinajstić information content (AvgIpc) is 2.42. The molecule has 1 saturated heterocycles. The van der Waals surface area contributed by atoms with E-state index in [9.17, 15) is 0 Å². The summed E-state index contributed by atoms with van der Waals surface area (Å²) in [6.45, 7) is 3.22. The number of fused-ring (bicyclic) bond motifs is 2. The van der Waals surface area contributed by atoms with Crippen molar-refractivity contribution in [1.29, 1.82) is 0 Å². The number of hydrogen-bond acceptors (Lipinski definition) is 1. The quantitative estimate of drug-likeness (QED) is 0.597. The van der Waals surface area contributed by atoms with Crippen molar-refractivity contribution in [3.05, 3.63) is 0 Å². The minimum Gasteiger partial charge on any atom is -0.375 e. The Balaban J connectivity index is 2.19. The highest BCUT2D eigenvalue weighted by Gasteiger charge is 2.52. The molecule has 2 heteroatoms. The molecule has 0 aromatic rings. The molecule has 2 bridgehead atoms. The van der Waals surface area contributed by atoms with Crippen molar-refractivity contribution in [2.75, 3.05) is 11.9 Å². The van der Waals surface area contributed by atoms with Crippen LogP contribution in [0.25, 0.3) is 0 Å². The van der Waals surface area contributed by atoms with Gasteiger partial charge in [-0.05, 0) is 26.2 Å². The largest absolute Gasteiger partial charge is 0.375 e. The van der Waals surface area contributed by atoms with Crippen LogP contribution in [0.1, 0.15) is 26.2 Å². The molecule has 0 radical (unpaired) electrons. The molecule has 2 atom stereocenters. The summed E-state index contributed by atoms with van der Waals surface area (Å²) in [4.78, 5) is 0. The van der Waals surface area contributed by atoms with Crippen LogP contribution < -0.4 is 0 Å². The second kappa shape index (κ2) is 1.98. The maximum atomic E-state index is 5.70. The van der Waals surface area contributed by atoms with Gasteiger partial charge in [0.2, 0.25) is 0 Å². The normalized spacial score (nSPS) is 52.2. The molecule has 58 valence electrons. The predicted octanol–water partition coefficient (Wildman–Crippen LogP) is 2.34. The summed E-state index contributed by atoms with van der Waals surface area (Å²) in [6, 6.07) is 0. The van der Waals surface area contributed by atoms with Gasteiger partial charge in [0.25, 0.3) is 0 Å². The maximum absolute atomic E-state index is 5.70. The summed E-state index contributed by atoms with van der Waals surface area (Å²) < 4.78 is 5.70. The molecular weight excluding hydrogens is 192 g/mol. The lowest BCUT2D eigenvalue weighted by atomic mass is 9.91. The molecule has 0 N–H and O–H groups in total. The highest BCUT2D eigenvalue weighted by Crippen LogP contribution is 2.53. The van der Waals surface area contributed by atoms with Gasteiger partial charge in [-0.1, -0.05) is 15.9 Å². The first-order valence-electron chi connectivity index (χ1n) is 3.88. The van der Waals surface area contributed by atoms with Crippen molar-refractivity contribution >= 4 is 15.9 Å². The first-order chi connectivity index (χ1) is 4.68. The molecule has 2 rings (SSSR count). The molecule has 1 aliphatic heterocycles. The van der Waals surface area contributed by atoms with E-state index in [2.05, 4.69) is 22.9 Å². The van der Waals surface area contributed by atoms with Crippen LogP contribution in [0.4, 0.5) is 0 Å². The molecule has 0 spiro atoms. The third-order valence-electron chi connectivity index (χ3n) is 2.94. The zero-order valence-electron chi connectivity index (χ0n) is 6.32. The first-order valence-corrected chi connectivity index (χ1v) is 5.00. The molecule has 10 heavy (non-hydrogen) atoms. The summed E-state index contributed by atoms with van der Waals surface area (Å²) >= 11 is 3.56. The molecular formula is C8H13BrO. The van der Waals surface area contributed by atoms with Crippen molar-refractivity contribution in [2.45, 2.75) is 31.8 Å². The Morgan fingerprint density at radius 3 is 2.50 bits per heavy atom. The molecule has 2 aliphatic rings. The Morgan fingerprint density at radius 1 is 1.50 bits per heavy atom. The molecule has 2 fully saturated rings. The van der Waals surface area contributed by atoms with Crippen LogP contribution in [0.15, 0.2) is 0 Å². The van der Waals surface area contributed by atoms with Gasteiger partial charge in [-0.15, -0.1) is 0 Å².